The molecule has 9 heteroatoms. The second-order valence-corrected chi connectivity index (χ2v) is 6.69. The smallest absolute Gasteiger partial charge is 0.291 e. The number of benzene rings is 1. The van der Waals surface area contributed by atoms with Crippen molar-refractivity contribution in [3.05, 3.63) is 54.0 Å². The van der Waals surface area contributed by atoms with Crippen molar-refractivity contribution < 1.29 is 18.7 Å². The minimum Gasteiger partial charge on any atom is -0.459 e. The molecule has 1 aliphatic rings. The van der Waals surface area contributed by atoms with Crippen LogP contribution in [0.3, 0.4) is 0 Å². The molecule has 1 aromatic heterocycles. The third-order valence-corrected chi connectivity index (χ3v) is 4.47. The van der Waals surface area contributed by atoms with Gasteiger partial charge in [-0.25, -0.2) is 0 Å². The number of rotatable bonds is 9. The molecule has 164 valence electrons. The van der Waals surface area contributed by atoms with Crippen LogP contribution in [-0.4, -0.2) is 51.4 Å². The minimum atomic E-state index is -0.274. The van der Waals surface area contributed by atoms with Crippen LogP contribution < -0.4 is 16.0 Å². The van der Waals surface area contributed by atoms with E-state index < -0.39 is 0 Å². The summed E-state index contributed by atoms with van der Waals surface area (Å²) in [5.74, 6) is 0.728. The molecule has 2 heterocycles. The molecule has 1 unspecified atom stereocenters. The van der Waals surface area contributed by atoms with Crippen LogP contribution in [-0.2, 0) is 16.0 Å². The molecule has 0 bridgehead atoms. The molecule has 1 fully saturated rings. The fourth-order valence-corrected chi connectivity index (χ4v) is 2.94. The molecule has 0 saturated carbocycles. The summed E-state index contributed by atoms with van der Waals surface area (Å²) in [4.78, 5) is 16.3. The van der Waals surface area contributed by atoms with Crippen molar-refractivity contribution in [1.82, 2.24) is 10.6 Å². The summed E-state index contributed by atoms with van der Waals surface area (Å²) in [5, 5.41) is 9.38. The zero-order valence-corrected chi connectivity index (χ0v) is 19.4. The van der Waals surface area contributed by atoms with E-state index in [4.69, 9.17) is 13.9 Å². The van der Waals surface area contributed by atoms with E-state index in [9.17, 15) is 4.79 Å². The molecule has 1 atom stereocenters. The number of aliphatic imine (C=N–C) groups is 1. The van der Waals surface area contributed by atoms with Gasteiger partial charge >= 0.3 is 0 Å². The number of guanidine groups is 1. The molecular weight excluding hydrogens is 499 g/mol. The highest BCUT2D eigenvalue weighted by molar-refractivity contribution is 14.0. The van der Waals surface area contributed by atoms with Gasteiger partial charge in [0.15, 0.2) is 11.7 Å². The molecular formula is C21H29IN4O4. The lowest BCUT2D eigenvalue weighted by molar-refractivity contribution is 0.0420. The molecule has 2 aromatic rings. The number of carbonyl (C=O) groups excluding carboxylic acids is 1. The number of furan rings is 1. The topological polar surface area (TPSA) is 97.1 Å². The van der Waals surface area contributed by atoms with Crippen LogP contribution in [0.4, 0.5) is 5.69 Å². The highest BCUT2D eigenvalue weighted by Crippen LogP contribution is 2.13. The van der Waals surface area contributed by atoms with Crippen LogP contribution >= 0.6 is 24.0 Å². The van der Waals surface area contributed by atoms with Crippen LogP contribution in [0.25, 0.3) is 0 Å². The van der Waals surface area contributed by atoms with Gasteiger partial charge in [0, 0.05) is 39.0 Å². The Balaban J connectivity index is 0.00000320. The molecule has 1 amide bonds. The molecule has 8 nitrogen and oxygen atoms in total. The summed E-state index contributed by atoms with van der Waals surface area (Å²) in [6.07, 6.45) is 3.60. The van der Waals surface area contributed by atoms with Crippen LogP contribution in [0.15, 0.2) is 52.1 Å². The van der Waals surface area contributed by atoms with E-state index in [2.05, 4.69) is 20.9 Å². The van der Waals surface area contributed by atoms with Gasteiger partial charge in [-0.15, -0.1) is 24.0 Å². The Morgan fingerprint density at radius 2 is 2.17 bits per heavy atom. The predicted molar refractivity (Wildman–Crippen MR) is 127 cm³/mol. The first-order valence-electron chi connectivity index (χ1n) is 9.82. The van der Waals surface area contributed by atoms with Crippen molar-refractivity contribution in [3.8, 4) is 0 Å². The molecule has 1 aliphatic heterocycles. The van der Waals surface area contributed by atoms with Gasteiger partial charge in [0.2, 0.25) is 0 Å². The van der Waals surface area contributed by atoms with Gasteiger partial charge in [-0.05, 0) is 42.7 Å². The average molecular weight is 528 g/mol. The SMILES string of the molecule is CN=C(NCCCOC1CCOC1)NCc1cccc(NC(=O)c2ccco2)c1.I. The van der Waals surface area contributed by atoms with Crippen LogP contribution in [0.1, 0.15) is 29.0 Å². The van der Waals surface area contributed by atoms with Gasteiger partial charge in [-0.3, -0.25) is 9.79 Å². The first-order valence-corrected chi connectivity index (χ1v) is 9.82. The van der Waals surface area contributed by atoms with Crippen molar-refractivity contribution in [2.24, 2.45) is 4.99 Å². The van der Waals surface area contributed by atoms with Crippen molar-refractivity contribution in [1.29, 1.82) is 0 Å². The minimum absolute atomic E-state index is 0. The number of nitrogens with zero attached hydrogens (tertiary/aromatic N) is 1. The summed E-state index contributed by atoms with van der Waals surface area (Å²) in [7, 11) is 1.74. The summed E-state index contributed by atoms with van der Waals surface area (Å²) in [5.41, 5.74) is 1.73. The molecule has 1 saturated heterocycles. The average Bonchev–Trinajstić information content (AvgIpc) is 3.44. The quantitative estimate of drug-likeness (QED) is 0.201. The van der Waals surface area contributed by atoms with Crippen LogP contribution in [0.5, 0.6) is 0 Å². The number of nitrogens with one attached hydrogen (secondary N) is 3. The Bertz CT molecular complexity index is 792. The molecule has 3 N–H and O–H groups in total. The second-order valence-electron chi connectivity index (χ2n) is 6.69. The van der Waals surface area contributed by atoms with Crippen molar-refractivity contribution >= 4 is 41.5 Å². The first kappa shape index (κ1) is 24.2. The lowest BCUT2D eigenvalue weighted by atomic mass is 10.2. The monoisotopic (exact) mass is 528 g/mol. The van der Waals surface area contributed by atoms with Crippen molar-refractivity contribution in [2.75, 3.05) is 38.7 Å². The number of anilines is 1. The molecule has 0 spiro atoms. The second kappa shape index (κ2) is 13.2. The molecule has 3 rings (SSSR count). The lowest BCUT2D eigenvalue weighted by Gasteiger charge is -2.13. The molecule has 0 aliphatic carbocycles. The van der Waals surface area contributed by atoms with Crippen LogP contribution in [0.2, 0.25) is 0 Å². The number of hydrogen-bond acceptors (Lipinski definition) is 5. The summed E-state index contributed by atoms with van der Waals surface area (Å²) in [6.45, 7) is 3.56. The Morgan fingerprint density at radius 3 is 2.90 bits per heavy atom. The van der Waals surface area contributed by atoms with E-state index in [-0.39, 0.29) is 41.7 Å². The highest BCUT2D eigenvalue weighted by Gasteiger charge is 2.15. The van der Waals surface area contributed by atoms with Crippen LogP contribution in [0, 0.1) is 0 Å². The number of halogens is 1. The van der Waals surface area contributed by atoms with Crippen molar-refractivity contribution in [3.63, 3.8) is 0 Å². The maximum Gasteiger partial charge on any atom is 0.291 e. The predicted octanol–water partition coefficient (Wildman–Crippen LogP) is 3.01. The van der Waals surface area contributed by atoms with E-state index >= 15 is 0 Å². The third-order valence-electron chi connectivity index (χ3n) is 4.47. The zero-order valence-electron chi connectivity index (χ0n) is 17.1. The Morgan fingerprint density at radius 1 is 1.27 bits per heavy atom. The Hall–Kier alpha value is -2.11. The van der Waals surface area contributed by atoms with E-state index in [1.165, 1.54) is 6.26 Å². The van der Waals surface area contributed by atoms with Gasteiger partial charge < -0.3 is 29.8 Å². The van der Waals surface area contributed by atoms with E-state index in [0.29, 0.717) is 25.4 Å². The number of hydrogen-bond donors (Lipinski definition) is 3. The van der Waals surface area contributed by atoms with Crippen molar-refractivity contribution in [2.45, 2.75) is 25.5 Å². The zero-order chi connectivity index (χ0) is 20.3. The van der Waals surface area contributed by atoms with Gasteiger partial charge in [0.05, 0.1) is 19.0 Å². The van der Waals surface area contributed by atoms with Gasteiger partial charge in [-0.1, -0.05) is 12.1 Å². The fourth-order valence-electron chi connectivity index (χ4n) is 2.94. The Kier molecular flexibility index (Phi) is 10.7. The van der Waals surface area contributed by atoms with Gasteiger partial charge in [0.1, 0.15) is 0 Å². The maximum atomic E-state index is 12.1. The maximum absolute atomic E-state index is 12.1. The standard InChI is InChI=1S/C21H28N4O4.HI/c1-22-21(23-9-4-11-28-18-8-12-27-15-18)24-14-16-5-2-6-17(13-16)25-20(26)19-7-3-10-29-19;/h2-3,5-7,10,13,18H,4,8-9,11-12,14-15H2,1H3,(H,25,26)(H2,22,23,24);1H. The largest absolute Gasteiger partial charge is 0.459 e. The molecule has 0 radical (unpaired) electrons. The Labute approximate surface area is 193 Å². The third kappa shape index (κ3) is 7.96. The number of carbonyl (C=O) groups is 1. The lowest BCUT2D eigenvalue weighted by Crippen LogP contribution is -2.37. The summed E-state index contributed by atoms with van der Waals surface area (Å²) >= 11 is 0. The first-order chi connectivity index (χ1) is 14.2. The fraction of sp³-hybridized carbons (Fsp3) is 0.429. The van der Waals surface area contributed by atoms with E-state index in [0.717, 1.165) is 37.5 Å². The molecule has 1 aromatic carbocycles. The van der Waals surface area contributed by atoms with Gasteiger partial charge in [0.25, 0.3) is 5.91 Å². The number of amides is 1. The normalized spacial score (nSPS) is 16.0. The van der Waals surface area contributed by atoms with E-state index in [1.807, 2.05) is 24.3 Å². The van der Waals surface area contributed by atoms with Gasteiger partial charge in [-0.2, -0.15) is 0 Å². The number of ether oxygens (including phenoxy) is 2. The molecule has 30 heavy (non-hydrogen) atoms. The summed E-state index contributed by atoms with van der Waals surface area (Å²) in [6, 6.07) is 11.0. The van der Waals surface area contributed by atoms with E-state index in [1.54, 1.807) is 19.2 Å². The highest BCUT2D eigenvalue weighted by atomic mass is 127. The summed E-state index contributed by atoms with van der Waals surface area (Å²) < 4.78 is 16.2.